The minimum absolute atomic E-state index is 0.720. The maximum absolute atomic E-state index is 5.84. The van der Waals surface area contributed by atoms with Crippen molar-refractivity contribution in [2.75, 3.05) is 20.8 Å². The van der Waals surface area contributed by atoms with Crippen LogP contribution in [0.15, 0.2) is 47.5 Å². The second kappa shape index (κ2) is 7.70. The van der Waals surface area contributed by atoms with Crippen LogP contribution < -0.4 is 9.47 Å². The van der Waals surface area contributed by atoms with Crippen LogP contribution in [0.2, 0.25) is 5.02 Å². The van der Waals surface area contributed by atoms with Crippen LogP contribution in [0.25, 0.3) is 0 Å². The molecule has 4 heteroatoms. The second-order valence-electron chi connectivity index (χ2n) is 4.53. The molecule has 0 aromatic heterocycles. The molecule has 0 spiro atoms. The van der Waals surface area contributed by atoms with Crippen LogP contribution >= 0.6 is 11.6 Å². The molecule has 21 heavy (non-hydrogen) atoms. The van der Waals surface area contributed by atoms with Crippen molar-refractivity contribution < 1.29 is 9.47 Å². The van der Waals surface area contributed by atoms with Gasteiger partial charge in [-0.1, -0.05) is 29.8 Å². The zero-order valence-corrected chi connectivity index (χ0v) is 12.9. The third-order valence-corrected chi connectivity index (χ3v) is 3.34. The van der Waals surface area contributed by atoms with Gasteiger partial charge in [0.2, 0.25) is 0 Å². The van der Waals surface area contributed by atoms with Crippen LogP contribution in [0.4, 0.5) is 0 Å². The fourth-order valence-corrected chi connectivity index (χ4v) is 2.07. The van der Waals surface area contributed by atoms with Crippen molar-refractivity contribution >= 4 is 17.8 Å². The summed E-state index contributed by atoms with van der Waals surface area (Å²) in [4.78, 5) is 4.42. The number of rotatable bonds is 6. The molecule has 2 aromatic rings. The summed E-state index contributed by atoms with van der Waals surface area (Å²) in [7, 11) is 3.27. The quantitative estimate of drug-likeness (QED) is 0.755. The highest BCUT2D eigenvalue weighted by Crippen LogP contribution is 2.27. The number of halogens is 1. The van der Waals surface area contributed by atoms with Crippen LogP contribution in [0.3, 0.4) is 0 Å². The molecule has 0 atom stereocenters. The maximum Gasteiger partial charge on any atom is 0.160 e. The molecule has 0 radical (unpaired) electrons. The molecule has 0 aliphatic heterocycles. The van der Waals surface area contributed by atoms with E-state index in [1.807, 2.05) is 48.7 Å². The van der Waals surface area contributed by atoms with E-state index in [-0.39, 0.29) is 0 Å². The molecule has 0 unspecified atom stereocenters. The third-order valence-electron chi connectivity index (χ3n) is 3.09. The second-order valence-corrected chi connectivity index (χ2v) is 4.96. The number of hydrogen-bond acceptors (Lipinski definition) is 3. The van der Waals surface area contributed by atoms with E-state index in [0.717, 1.165) is 35.1 Å². The lowest BCUT2D eigenvalue weighted by Gasteiger charge is -2.08. The summed E-state index contributed by atoms with van der Waals surface area (Å²) < 4.78 is 10.5. The number of nitrogens with zero attached hydrogens (tertiary/aromatic N) is 1. The van der Waals surface area contributed by atoms with Gasteiger partial charge in [0.15, 0.2) is 11.5 Å². The van der Waals surface area contributed by atoms with Gasteiger partial charge in [0.05, 0.1) is 14.2 Å². The van der Waals surface area contributed by atoms with Gasteiger partial charge >= 0.3 is 0 Å². The first kappa shape index (κ1) is 15.4. The van der Waals surface area contributed by atoms with Crippen LogP contribution in [0.5, 0.6) is 11.5 Å². The molecule has 2 aromatic carbocycles. The lowest BCUT2D eigenvalue weighted by Crippen LogP contribution is -1.95. The summed E-state index contributed by atoms with van der Waals surface area (Å²) in [6, 6.07) is 13.5. The van der Waals surface area contributed by atoms with Crippen molar-refractivity contribution in [2.45, 2.75) is 6.42 Å². The largest absolute Gasteiger partial charge is 0.493 e. The molecule has 0 amide bonds. The van der Waals surface area contributed by atoms with E-state index in [1.54, 1.807) is 14.2 Å². The Balaban J connectivity index is 1.92. The Labute approximate surface area is 130 Å². The van der Waals surface area contributed by atoms with E-state index in [9.17, 15) is 0 Å². The summed E-state index contributed by atoms with van der Waals surface area (Å²) in [6.07, 6.45) is 2.71. The van der Waals surface area contributed by atoms with Gasteiger partial charge < -0.3 is 9.47 Å². The smallest absolute Gasteiger partial charge is 0.160 e. The number of ether oxygens (including phenoxy) is 2. The van der Waals surface area contributed by atoms with Gasteiger partial charge in [-0.15, -0.1) is 0 Å². The summed E-state index contributed by atoms with van der Waals surface area (Å²) in [5.74, 6) is 1.49. The lowest BCUT2D eigenvalue weighted by atomic mass is 10.1. The van der Waals surface area contributed by atoms with Crippen molar-refractivity contribution in [2.24, 2.45) is 4.99 Å². The average molecular weight is 304 g/mol. The van der Waals surface area contributed by atoms with Gasteiger partial charge in [0.25, 0.3) is 0 Å². The fourth-order valence-electron chi connectivity index (χ4n) is 1.95. The average Bonchev–Trinajstić information content (AvgIpc) is 2.53. The van der Waals surface area contributed by atoms with Gasteiger partial charge in [-0.3, -0.25) is 4.99 Å². The van der Waals surface area contributed by atoms with Gasteiger partial charge in [0, 0.05) is 17.8 Å². The summed E-state index contributed by atoms with van der Waals surface area (Å²) >= 11 is 5.84. The number of hydrogen-bond donors (Lipinski definition) is 0. The molecule has 0 bridgehead atoms. The van der Waals surface area contributed by atoms with E-state index in [0.29, 0.717) is 0 Å². The summed E-state index contributed by atoms with van der Waals surface area (Å²) in [6.45, 7) is 0.720. The molecular weight excluding hydrogens is 286 g/mol. The Morgan fingerprint density at radius 1 is 1.00 bits per heavy atom. The number of methoxy groups -OCH3 is 2. The Morgan fingerprint density at radius 3 is 2.38 bits per heavy atom. The van der Waals surface area contributed by atoms with Crippen molar-refractivity contribution in [3.8, 4) is 11.5 Å². The molecule has 0 saturated heterocycles. The summed E-state index contributed by atoms with van der Waals surface area (Å²) in [5.41, 5.74) is 2.22. The molecule has 0 N–H and O–H groups in total. The minimum Gasteiger partial charge on any atom is -0.493 e. The van der Waals surface area contributed by atoms with Crippen LogP contribution in [0, 0.1) is 0 Å². The first-order chi connectivity index (χ1) is 10.2. The highest BCUT2D eigenvalue weighted by atomic mass is 35.5. The van der Waals surface area contributed by atoms with Gasteiger partial charge in [-0.05, 0) is 41.8 Å². The SMILES string of the molecule is COc1ccc(CCN=Cc2ccc(Cl)cc2)cc1OC. The molecule has 0 aliphatic carbocycles. The van der Waals surface area contributed by atoms with Gasteiger partial charge in [-0.2, -0.15) is 0 Å². The van der Waals surface area contributed by atoms with Crippen molar-refractivity contribution in [1.29, 1.82) is 0 Å². The molecule has 0 aliphatic rings. The van der Waals surface area contributed by atoms with E-state index in [2.05, 4.69) is 4.99 Å². The Morgan fingerprint density at radius 2 is 1.71 bits per heavy atom. The van der Waals surface area contributed by atoms with Gasteiger partial charge in [-0.25, -0.2) is 0 Å². The first-order valence-electron chi connectivity index (χ1n) is 6.69. The van der Waals surface area contributed by atoms with Crippen LogP contribution in [-0.4, -0.2) is 27.0 Å². The first-order valence-corrected chi connectivity index (χ1v) is 7.07. The standard InChI is InChI=1S/C17H18ClNO2/c1-20-16-8-5-13(11-17(16)21-2)9-10-19-12-14-3-6-15(18)7-4-14/h3-8,11-12H,9-10H2,1-2H3. The molecule has 3 nitrogen and oxygen atoms in total. The van der Waals surface area contributed by atoms with Crippen LogP contribution in [0.1, 0.15) is 11.1 Å². The van der Waals surface area contributed by atoms with E-state index in [1.165, 1.54) is 5.56 Å². The predicted octanol–water partition coefficient (Wildman–Crippen LogP) is 4.02. The normalized spacial score (nSPS) is 10.8. The maximum atomic E-state index is 5.84. The minimum atomic E-state index is 0.720. The summed E-state index contributed by atoms with van der Waals surface area (Å²) in [5, 5.41) is 0.734. The van der Waals surface area contributed by atoms with E-state index in [4.69, 9.17) is 21.1 Å². The highest BCUT2D eigenvalue weighted by molar-refractivity contribution is 6.30. The Bertz CT molecular complexity index is 609. The Kier molecular flexibility index (Phi) is 5.64. The van der Waals surface area contributed by atoms with Crippen molar-refractivity contribution in [3.05, 3.63) is 58.6 Å². The fraction of sp³-hybridized carbons (Fsp3) is 0.235. The zero-order valence-electron chi connectivity index (χ0n) is 12.2. The lowest BCUT2D eigenvalue weighted by molar-refractivity contribution is 0.354. The predicted molar refractivity (Wildman–Crippen MR) is 87.2 cm³/mol. The highest BCUT2D eigenvalue weighted by Gasteiger charge is 2.03. The number of benzene rings is 2. The van der Waals surface area contributed by atoms with E-state index < -0.39 is 0 Å². The molecular formula is C17H18ClNO2. The molecule has 0 heterocycles. The van der Waals surface area contributed by atoms with Crippen LogP contribution in [-0.2, 0) is 6.42 Å². The molecule has 0 saturated carbocycles. The molecule has 0 fully saturated rings. The number of aliphatic imine (C=N–C) groups is 1. The van der Waals surface area contributed by atoms with Gasteiger partial charge in [0.1, 0.15) is 0 Å². The molecule has 110 valence electrons. The van der Waals surface area contributed by atoms with Crippen molar-refractivity contribution in [3.63, 3.8) is 0 Å². The van der Waals surface area contributed by atoms with Crippen molar-refractivity contribution in [1.82, 2.24) is 0 Å². The topological polar surface area (TPSA) is 30.8 Å². The third kappa shape index (κ3) is 4.50. The Hall–Kier alpha value is -2.00. The van der Waals surface area contributed by atoms with E-state index >= 15 is 0 Å². The monoisotopic (exact) mass is 303 g/mol. The zero-order chi connectivity index (χ0) is 15.1. The molecule has 2 rings (SSSR count).